The van der Waals surface area contributed by atoms with Gasteiger partial charge in [-0.1, -0.05) is 132 Å². The number of carbonyl (C=O) groups is 1. The van der Waals surface area contributed by atoms with Crippen LogP contribution >= 0.6 is 11.8 Å². The molecule has 1 aromatic carbocycles. The van der Waals surface area contributed by atoms with Crippen molar-refractivity contribution >= 4 is 28.7 Å². The Morgan fingerprint density at radius 1 is 0.842 bits per heavy atom. The van der Waals surface area contributed by atoms with Gasteiger partial charge in [0, 0.05) is 19.2 Å². The quantitative estimate of drug-likeness (QED) is 0.102. The van der Waals surface area contributed by atoms with Crippen LogP contribution in [0.5, 0.6) is 0 Å². The molecule has 0 atom stereocenters. The second-order valence-corrected chi connectivity index (χ2v) is 11.2. The molecular formula is C30H44N4O3S. The van der Waals surface area contributed by atoms with Crippen molar-refractivity contribution in [1.29, 1.82) is 0 Å². The van der Waals surface area contributed by atoms with E-state index in [0.717, 1.165) is 12.8 Å². The maximum Gasteiger partial charge on any atom is 0.329 e. The Morgan fingerprint density at radius 3 is 1.97 bits per heavy atom. The summed E-state index contributed by atoms with van der Waals surface area (Å²) in [5.74, 6) is 0.228. The van der Waals surface area contributed by atoms with E-state index >= 15 is 0 Å². The van der Waals surface area contributed by atoms with Gasteiger partial charge in [0.25, 0.3) is 5.56 Å². The summed E-state index contributed by atoms with van der Waals surface area (Å²) in [5, 5.41) is 0.602. The zero-order valence-corrected chi connectivity index (χ0v) is 24.0. The van der Waals surface area contributed by atoms with Crippen LogP contribution in [0.1, 0.15) is 107 Å². The van der Waals surface area contributed by atoms with Crippen molar-refractivity contribution in [3.8, 4) is 0 Å². The highest BCUT2D eigenvalue weighted by atomic mass is 32.2. The van der Waals surface area contributed by atoms with Crippen molar-refractivity contribution in [3.63, 3.8) is 0 Å². The van der Waals surface area contributed by atoms with E-state index in [9.17, 15) is 14.4 Å². The van der Waals surface area contributed by atoms with Crippen LogP contribution in [0.15, 0.2) is 45.1 Å². The molecule has 0 amide bonds. The Labute approximate surface area is 230 Å². The fourth-order valence-corrected chi connectivity index (χ4v) is 5.75. The van der Waals surface area contributed by atoms with Gasteiger partial charge >= 0.3 is 5.69 Å². The van der Waals surface area contributed by atoms with Crippen molar-refractivity contribution in [2.24, 2.45) is 7.05 Å². The average molecular weight is 541 g/mol. The number of fused-ring (bicyclic) bond motifs is 1. The Morgan fingerprint density at radius 2 is 1.39 bits per heavy atom. The number of imidazole rings is 1. The van der Waals surface area contributed by atoms with E-state index < -0.39 is 11.2 Å². The van der Waals surface area contributed by atoms with Crippen molar-refractivity contribution in [3.05, 3.63) is 56.7 Å². The summed E-state index contributed by atoms with van der Waals surface area (Å²) in [5.41, 5.74) is 0.498. The number of unbranched alkanes of at least 4 members (excludes halogenated alkanes) is 13. The molecule has 0 spiro atoms. The molecule has 0 unspecified atom stereocenters. The molecule has 0 saturated carbocycles. The molecule has 208 valence electrons. The smallest absolute Gasteiger partial charge is 0.313 e. The highest BCUT2D eigenvalue weighted by Crippen LogP contribution is 2.23. The molecule has 0 bridgehead atoms. The topological polar surface area (TPSA) is 89.8 Å². The zero-order valence-electron chi connectivity index (χ0n) is 23.2. The van der Waals surface area contributed by atoms with Gasteiger partial charge in [-0.2, -0.15) is 0 Å². The molecule has 0 radical (unpaired) electrons. The first kappa shape index (κ1) is 29.9. The summed E-state index contributed by atoms with van der Waals surface area (Å²) in [7, 11) is 1.61. The lowest BCUT2D eigenvalue weighted by atomic mass is 10.0. The minimum Gasteiger partial charge on any atom is -0.313 e. The lowest BCUT2D eigenvalue weighted by Gasteiger charge is -2.09. The molecule has 0 fully saturated rings. The monoisotopic (exact) mass is 540 g/mol. The Kier molecular flexibility index (Phi) is 12.9. The molecule has 3 aromatic rings. The lowest BCUT2D eigenvalue weighted by Crippen LogP contribution is -2.29. The van der Waals surface area contributed by atoms with Gasteiger partial charge in [0.15, 0.2) is 22.1 Å². The molecule has 7 nitrogen and oxygen atoms in total. The SMILES string of the molecule is CCCCCCCCCCCCCCCCn1c(SCC(=O)c2ccccc2)nc2c1c(=O)[nH]c(=O)n2C. The van der Waals surface area contributed by atoms with E-state index in [1.165, 1.54) is 93.4 Å². The normalized spacial score (nSPS) is 11.4. The number of aromatic amines is 1. The van der Waals surface area contributed by atoms with E-state index in [0.29, 0.717) is 28.4 Å². The third kappa shape index (κ3) is 9.00. The number of aromatic nitrogens is 4. The van der Waals surface area contributed by atoms with Gasteiger partial charge in [0.2, 0.25) is 0 Å². The third-order valence-corrected chi connectivity index (χ3v) is 8.11. The number of H-pyrrole nitrogens is 1. The second-order valence-electron chi connectivity index (χ2n) is 10.2. The summed E-state index contributed by atoms with van der Waals surface area (Å²) in [4.78, 5) is 44.4. The van der Waals surface area contributed by atoms with E-state index in [1.54, 1.807) is 19.2 Å². The lowest BCUT2D eigenvalue weighted by molar-refractivity contribution is 0.102. The van der Waals surface area contributed by atoms with Crippen molar-refractivity contribution < 1.29 is 4.79 Å². The van der Waals surface area contributed by atoms with E-state index in [1.807, 2.05) is 22.8 Å². The molecule has 0 aliphatic rings. The van der Waals surface area contributed by atoms with Crippen LogP contribution in [-0.2, 0) is 13.6 Å². The van der Waals surface area contributed by atoms with Crippen LogP contribution < -0.4 is 11.2 Å². The number of hydrogen-bond acceptors (Lipinski definition) is 5. The van der Waals surface area contributed by atoms with Gasteiger partial charge in [-0.25, -0.2) is 9.78 Å². The number of benzene rings is 1. The number of hydrogen-bond donors (Lipinski definition) is 1. The minimum absolute atomic E-state index is 0.00787. The van der Waals surface area contributed by atoms with E-state index in [-0.39, 0.29) is 11.5 Å². The van der Waals surface area contributed by atoms with Crippen LogP contribution in [0.4, 0.5) is 0 Å². The molecule has 3 rings (SSSR count). The summed E-state index contributed by atoms with van der Waals surface area (Å²) in [6.07, 6.45) is 18.0. The molecule has 0 aliphatic heterocycles. The fraction of sp³-hybridized carbons (Fsp3) is 0.600. The number of nitrogens with one attached hydrogen (secondary N) is 1. The molecule has 2 heterocycles. The largest absolute Gasteiger partial charge is 0.329 e. The number of ketones is 1. The highest BCUT2D eigenvalue weighted by molar-refractivity contribution is 7.99. The summed E-state index contributed by atoms with van der Waals surface area (Å²) >= 11 is 1.32. The predicted molar refractivity (Wildman–Crippen MR) is 157 cm³/mol. The van der Waals surface area contributed by atoms with Crippen LogP contribution in [0.25, 0.3) is 11.2 Å². The third-order valence-electron chi connectivity index (χ3n) is 7.14. The Hall–Kier alpha value is -2.61. The Balaban J connectivity index is 1.47. The average Bonchev–Trinajstić information content (AvgIpc) is 3.30. The molecule has 0 aliphatic carbocycles. The van der Waals surface area contributed by atoms with Gasteiger partial charge in [0.1, 0.15) is 0 Å². The van der Waals surface area contributed by atoms with Gasteiger partial charge in [-0.15, -0.1) is 0 Å². The fourth-order valence-electron chi connectivity index (χ4n) is 4.83. The molecule has 1 N–H and O–H groups in total. The van der Waals surface area contributed by atoms with Crippen LogP contribution in [-0.4, -0.2) is 30.6 Å². The summed E-state index contributed by atoms with van der Waals surface area (Å²) < 4.78 is 3.25. The van der Waals surface area contributed by atoms with Gasteiger partial charge in [0.05, 0.1) is 5.75 Å². The number of rotatable bonds is 19. The molecule has 8 heteroatoms. The van der Waals surface area contributed by atoms with Crippen molar-refractivity contribution in [2.45, 2.75) is 109 Å². The van der Waals surface area contributed by atoms with Crippen LogP contribution in [0, 0.1) is 0 Å². The molecule has 0 saturated heterocycles. The number of aryl methyl sites for hydroxylation is 2. The Bertz CT molecular complexity index is 1250. The first-order chi connectivity index (χ1) is 18.5. The van der Waals surface area contributed by atoms with E-state index in [4.69, 9.17) is 0 Å². The minimum atomic E-state index is -0.486. The number of Topliss-reactive ketones (excluding diaryl/α,β-unsaturated/α-hetero) is 1. The molecule has 2 aromatic heterocycles. The number of carbonyl (C=O) groups excluding carboxylic acids is 1. The molecule has 38 heavy (non-hydrogen) atoms. The summed E-state index contributed by atoms with van der Waals surface area (Å²) in [6.45, 7) is 2.90. The predicted octanol–water partition coefficient (Wildman–Crippen LogP) is 6.88. The zero-order chi connectivity index (χ0) is 27.2. The van der Waals surface area contributed by atoms with Gasteiger partial charge < -0.3 is 4.57 Å². The standard InChI is InChI=1S/C30H44N4O3S/c1-3-4-5-6-7-8-9-10-11-12-13-14-15-19-22-34-26-27(33(2)29(37)32-28(26)36)31-30(34)38-23-25(35)24-20-17-16-18-21-24/h16-18,20-21H,3-15,19,22-23H2,1-2H3,(H,32,36,37). The second kappa shape index (κ2) is 16.4. The number of nitrogens with zero attached hydrogens (tertiary/aromatic N) is 3. The van der Waals surface area contributed by atoms with Gasteiger partial charge in [-0.3, -0.25) is 19.1 Å². The molecular weight excluding hydrogens is 496 g/mol. The maximum absolute atomic E-state index is 12.7. The van der Waals surface area contributed by atoms with Crippen molar-refractivity contribution in [1.82, 2.24) is 19.1 Å². The highest BCUT2D eigenvalue weighted by Gasteiger charge is 2.18. The maximum atomic E-state index is 12.7. The first-order valence-corrected chi connectivity index (χ1v) is 15.4. The van der Waals surface area contributed by atoms with E-state index in [2.05, 4.69) is 16.9 Å². The van der Waals surface area contributed by atoms with Crippen LogP contribution in [0.3, 0.4) is 0 Å². The number of thioether (sulfide) groups is 1. The first-order valence-electron chi connectivity index (χ1n) is 14.4. The van der Waals surface area contributed by atoms with Crippen LogP contribution in [0.2, 0.25) is 0 Å². The summed E-state index contributed by atoms with van der Waals surface area (Å²) in [6, 6.07) is 9.17. The van der Waals surface area contributed by atoms with Crippen molar-refractivity contribution in [2.75, 3.05) is 5.75 Å². The van der Waals surface area contributed by atoms with Gasteiger partial charge in [-0.05, 0) is 6.42 Å².